The number of amides is 2. The highest BCUT2D eigenvalue weighted by molar-refractivity contribution is 5.99. The molecule has 3 aliphatic rings. The second kappa shape index (κ2) is 7.89. The van der Waals surface area contributed by atoms with E-state index in [1.54, 1.807) is 0 Å². The summed E-state index contributed by atoms with van der Waals surface area (Å²) < 4.78 is 0. The number of anilines is 1. The maximum absolute atomic E-state index is 13.6. The van der Waals surface area contributed by atoms with Gasteiger partial charge in [-0.05, 0) is 60.8 Å². The number of benzene rings is 2. The third-order valence-corrected chi connectivity index (χ3v) is 7.61. The van der Waals surface area contributed by atoms with Crippen molar-refractivity contribution in [1.82, 2.24) is 9.80 Å². The SMILES string of the molecule is CCCN1C(=O)c2ccccc2C1Nc1cccc(C(=O)N2CC3(C)CC2CC(C)(C)C3)c1. The van der Waals surface area contributed by atoms with Crippen LogP contribution >= 0.6 is 0 Å². The molecule has 1 aliphatic carbocycles. The maximum atomic E-state index is 13.6. The molecule has 1 saturated heterocycles. The lowest BCUT2D eigenvalue weighted by atomic mass is 9.65. The predicted molar refractivity (Wildman–Crippen MR) is 131 cm³/mol. The summed E-state index contributed by atoms with van der Waals surface area (Å²) in [7, 11) is 0. The zero-order chi connectivity index (χ0) is 23.4. The molecule has 3 atom stereocenters. The van der Waals surface area contributed by atoms with Gasteiger partial charge in [0.2, 0.25) is 0 Å². The Kier molecular flexibility index (Phi) is 5.26. The molecule has 2 amide bonds. The van der Waals surface area contributed by atoms with Crippen LogP contribution in [0, 0.1) is 10.8 Å². The topological polar surface area (TPSA) is 52.7 Å². The number of hydrogen-bond acceptors (Lipinski definition) is 3. The lowest BCUT2D eigenvalue weighted by Gasteiger charge is -2.39. The molecule has 5 rings (SSSR count). The number of rotatable bonds is 5. The number of nitrogens with zero attached hydrogens (tertiary/aromatic N) is 2. The van der Waals surface area contributed by atoms with E-state index in [1.807, 2.05) is 53.4 Å². The molecule has 5 heteroatoms. The van der Waals surface area contributed by atoms with Crippen LogP contribution in [0.3, 0.4) is 0 Å². The minimum absolute atomic E-state index is 0.0670. The Labute approximate surface area is 197 Å². The highest BCUT2D eigenvalue weighted by atomic mass is 16.2. The third kappa shape index (κ3) is 3.92. The maximum Gasteiger partial charge on any atom is 0.256 e. The zero-order valence-corrected chi connectivity index (χ0v) is 20.2. The van der Waals surface area contributed by atoms with Gasteiger partial charge < -0.3 is 15.1 Å². The van der Waals surface area contributed by atoms with Gasteiger partial charge in [-0.1, -0.05) is 52.0 Å². The van der Waals surface area contributed by atoms with Crippen LogP contribution in [0.4, 0.5) is 5.69 Å². The van der Waals surface area contributed by atoms with E-state index in [4.69, 9.17) is 0 Å². The zero-order valence-electron chi connectivity index (χ0n) is 20.2. The van der Waals surface area contributed by atoms with Crippen LogP contribution in [0.25, 0.3) is 0 Å². The van der Waals surface area contributed by atoms with Gasteiger partial charge in [0.25, 0.3) is 11.8 Å². The molecule has 1 saturated carbocycles. The molecule has 33 heavy (non-hydrogen) atoms. The van der Waals surface area contributed by atoms with E-state index in [-0.39, 0.29) is 28.8 Å². The van der Waals surface area contributed by atoms with Crippen LogP contribution < -0.4 is 5.32 Å². The summed E-state index contributed by atoms with van der Waals surface area (Å²) in [5, 5.41) is 3.55. The first-order chi connectivity index (χ1) is 15.7. The second-order valence-electron chi connectivity index (χ2n) is 11.4. The average Bonchev–Trinajstić information content (AvgIpc) is 3.18. The summed E-state index contributed by atoms with van der Waals surface area (Å²) in [6.07, 6.45) is 4.02. The first-order valence-corrected chi connectivity index (χ1v) is 12.3. The van der Waals surface area contributed by atoms with Crippen molar-refractivity contribution < 1.29 is 9.59 Å². The molecule has 0 radical (unpaired) electrons. The first-order valence-electron chi connectivity index (χ1n) is 12.3. The molecule has 3 unspecified atom stereocenters. The smallest absolute Gasteiger partial charge is 0.256 e. The largest absolute Gasteiger partial charge is 0.361 e. The summed E-state index contributed by atoms with van der Waals surface area (Å²) in [6, 6.07) is 15.9. The minimum atomic E-state index is -0.218. The highest BCUT2D eigenvalue weighted by Crippen LogP contribution is 2.52. The highest BCUT2D eigenvalue weighted by Gasteiger charge is 2.51. The number of hydrogen-bond donors (Lipinski definition) is 1. The van der Waals surface area contributed by atoms with Crippen molar-refractivity contribution >= 4 is 17.5 Å². The van der Waals surface area contributed by atoms with Gasteiger partial charge in [-0.2, -0.15) is 0 Å². The Bertz CT molecular complexity index is 1090. The summed E-state index contributed by atoms with van der Waals surface area (Å²) in [5.74, 6) is 0.191. The molecule has 1 N–H and O–H groups in total. The van der Waals surface area contributed by atoms with E-state index in [0.717, 1.165) is 42.6 Å². The third-order valence-electron chi connectivity index (χ3n) is 7.61. The van der Waals surface area contributed by atoms with Gasteiger partial charge in [-0.15, -0.1) is 0 Å². The number of fused-ring (bicyclic) bond motifs is 3. The van der Waals surface area contributed by atoms with Crippen LogP contribution in [0.15, 0.2) is 48.5 Å². The van der Waals surface area contributed by atoms with E-state index >= 15 is 0 Å². The van der Waals surface area contributed by atoms with Gasteiger partial charge in [-0.3, -0.25) is 9.59 Å². The van der Waals surface area contributed by atoms with E-state index in [0.29, 0.717) is 18.2 Å². The summed E-state index contributed by atoms with van der Waals surface area (Å²) in [6.45, 7) is 10.6. The average molecular weight is 446 g/mol. The molecule has 0 aromatic heterocycles. The van der Waals surface area contributed by atoms with E-state index < -0.39 is 0 Å². The number of nitrogens with one attached hydrogen (secondary N) is 1. The molecule has 174 valence electrons. The second-order valence-corrected chi connectivity index (χ2v) is 11.4. The lowest BCUT2D eigenvalue weighted by molar-refractivity contribution is 0.0705. The molecular weight excluding hydrogens is 410 g/mol. The number of likely N-dealkylation sites (tertiary alicyclic amines) is 1. The number of carbonyl (C=O) groups excluding carboxylic acids is 2. The molecule has 2 aromatic carbocycles. The van der Waals surface area contributed by atoms with Gasteiger partial charge in [0.15, 0.2) is 0 Å². The molecule has 2 aliphatic heterocycles. The van der Waals surface area contributed by atoms with Crippen molar-refractivity contribution in [3.63, 3.8) is 0 Å². The van der Waals surface area contributed by atoms with Crippen molar-refractivity contribution in [1.29, 1.82) is 0 Å². The van der Waals surface area contributed by atoms with Gasteiger partial charge in [0, 0.05) is 41.5 Å². The minimum Gasteiger partial charge on any atom is -0.361 e. The van der Waals surface area contributed by atoms with Crippen LogP contribution in [0.5, 0.6) is 0 Å². The molecule has 2 heterocycles. The Morgan fingerprint density at radius 3 is 2.67 bits per heavy atom. The Balaban J connectivity index is 1.39. The Morgan fingerprint density at radius 2 is 1.88 bits per heavy atom. The Hall–Kier alpha value is -2.82. The summed E-state index contributed by atoms with van der Waals surface area (Å²) >= 11 is 0. The predicted octanol–water partition coefficient (Wildman–Crippen LogP) is 5.70. The fourth-order valence-electron chi connectivity index (χ4n) is 6.76. The fraction of sp³-hybridized carbons (Fsp3) is 0.500. The normalized spacial score (nSPS) is 27.6. The van der Waals surface area contributed by atoms with E-state index in [2.05, 4.69) is 37.9 Å². The molecular formula is C28H35N3O2. The van der Waals surface area contributed by atoms with E-state index in [1.165, 1.54) is 6.42 Å². The standard InChI is InChI=1S/C28H35N3O2/c1-5-13-30-24(22-11-6-7-12-23(22)26(30)33)29-20-10-8-9-19(14-20)25(32)31-18-28(4)16-21(31)15-27(2,3)17-28/h6-12,14,21,24,29H,5,13,15-18H2,1-4H3. The fourth-order valence-corrected chi connectivity index (χ4v) is 6.76. The van der Waals surface area contributed by atoms with Crippen molar-refractivity contribution in [2.75, 3.05) is 18.4 Å². The van der Waals surface area contributed by atoms with Crippen LogP contribution in [0.1, 0.15) is 85.8 Å². The molecule has 0 spiro atoms. The van der Waals surface area contributed by atoms with Crippen LogP contribution in [0.2, 0.25) is 0 Å². The lowest BCUT2D eigenvalue weighted by Crippen LogP contribution is -2.37. The van der Waals surface area contributed by atoms with Crippen LogP contribution in [-0.4, -0.2) is 40.7 Å². The summed E-state index contributed by atoms with van der Waals surface area (Å²) in [5.41, 5.74) is 3.83. The van der Waals surface area contributed by atoms with Gasteiger partial charge >= 0.3 is 0 Å². The van der Waals surface area contributed by atoms with Gasteiger partial charge in [0.05, 0.1) is 0 Å². The van der Waals surface area contributed by atoms with Crippen molar-refractivity contribution in [2.45, 2.75) is 65.6 Å². The Morgan fingerprint density at radius 1 is 1.09 bits per heavy atom. The first kappa shape index (κ1) is 22.0. The van der Waals surface area contributed by atoms with Gasteiger partial charge in [0.1, 0.15) is 6.17 Å². The molecule has 2 aromatic rings. The van der Waals surface area contributed by atoms with Crippen molar-refractivity contribution in [3.05, 3.63) is 65.2 Å². The molecule has 5 nitrogen and oxygen atoms in total. The molecule has 2 fully saturated rings. The molecule has 2 bridgehead atoms. The summed E-state index contributed by atoms with van der Waals surface area (Å²) in [4.78, 5) is 30.5. The monoisotopic (exact) mass is 445 g/mol. The van der Waals surface area contributed by atoms with Crippen molar-refractivity contribution in [3.8, 4) is 0 Å². The number of carbonyl (C=O) groups is 2. The van der Waals surface area contributed by atoms with E-state index in [9.17, 15) is 9.59 Å². The van der Waals surface area contributed by atoms with Crippen molar-refractivity contribution in [2.24, 2.45) is 10.8 Å². The van der Waals surface area contributed by atoms with Gasteiger partial charge in [-0.25, -0.2) is 0 Å². The van der Waals surface area contributed by atoms with Crippen LogP contribution in [-0.2, 0) is 0 Å². The quantitative estimate of drug-likeness (QED) is 0.642.